The molecule has 0 unspecified atom stereocenters. The molecular weight excluding hydrogens is 254 g/mol. The molecular formula is C13H12ClNOS. The maximum atomic E-state index is 11.9. The van der Waals surface area contributed by atoms with Crippen molar-refractivity contribution in [1.82, 2.24) is 0 Å². The molecule has 0 aliphatic heterocycles. The van der Waals surface area contributed by atoms with E-state index in [1.165, 1.54) is 4.88 Å². The van der Waals surface area contributed by atoms with Gasteiger partial charge in [-0.25, -0.2) is 0 Å². The summed E-state index contributed by atoms with van der Waals surface area (Å²) in [7, 11) is 0. The second-order valence-electron chi connectivity index (χ2n) is 3.78. The number of thiophene rings is 1. The van der Waals surface area contributed by atoms with Crippen molar-refractivity contribution in [3.05, 3.63) is 51.2 Å². The van der Waals surface area contributed by atoms with Gasteiger partial charge in [0.15, 0.2) is 5.78 Å². The number of Topliss-reactive ketones (excluding diaryl/α,β-unsaturated/α-hetero) is 1. The van der Waals surface area contributed by atoms with Gasteiger partial charge in [-0.2, -0.15) is 0 Å². The van der Waals surface area contributed by atoms with Crippen molar-refractivity contribution in [2.45, 2.75) is 12.8 Å². The van der Waals surface area contributed by atoms with Crippen LogP contribution in [0.5, 0.6) is 0 Å². The van der Waals surface area contributed by atoms with Gasteiger partial charge in [0.2, 0.25) is 0 Å². The van der Waals surface area contributed by atoms with Crippen LogP contribution in [0.1, 0.15) is 21.7 Å². The Labute approximate surface area is 109 Å². The van der Waals surface area contributed by atoms with Gasteiger partial charge in [0.1, 0.15) is 0 Å². The lowest BCUT2D eigenvalue weighted by atomic mass is 10.1. The molecule has 0 spiro atoms. The van der Waals surface area contributed by atoms with E-state index in [1.807, 2.05) is 17.5 Å². The van der Waals surface area contributed by atoms with Crippen LogP contribution in [0.25, 0.3) is 0 Å². The average molecular weight is 266 g/mol. The Morgan fingerprint density at radius 2 is 2.18 bits per heavy atom. The fraction of sp³-hybridized carbons (Fsp3) is 0.154. The fourth-order valence-corrected chi connectivity index (χ4v) is 2.56. The summed E-state index contributed by atoms with van der Waals surface area (Å²) in [5.41, 5.74) is 6.77. The highest BCUT2D eigenvalue weighted by Crippen LogP contribution is 2.19. The minimum Gasteiger partial charge on any atom is -0.399 e. The summed E-state index contributed by atoms with van der Waals surface area (Å²) in [4.78, 5) is 13.2. The molecule has 4 heteroatoms. The van der Waals surface area contributed by atoms with Gasteiger partial charge >= 0.3 is 0 Å². The van der Waals surface area contributed by atoms with Crippen LogP contribution in [0.4, 0.5) is 5.69 Å². The van der Waals surface area contributed by atoms with E-state index < -0.39 is 0 Å². The highest BCUT2D eigenvalue weighted by Gasteiger charge is 2.08. The first-order valence-electron chi connectivity index (χ1n) is 5.27. The highest BCUT2D eigenvalue weighted by atomic mass is 35.5. The fourth-order valence-electron chi connectivity index (χ4n) is 1.61. The predicted molar refractivity (Wildman–Crippen MR) is 72.8 cm³/mol. The van der Waals surface area contributed by atoms with Crippen molar-refractivity contribution >= 4 is 34.4 Å². The summed E-state index contributed by atoms with van der Waals surface area (Å²) in [6.45, 7) is 0. The van der Waals surface area contributed by atoms with E-state index in [9.17, 15) is 4.79 Å². The van der Waals surface area contributed by atoms with Crippen LogP contribution in [-0.4, -0.2) is 5.78 Å². The second kappa shape index (κ2) is 5.34. The number of ketones is 1. The largest absolute Gasteiger partial charge is 0.399 e. The summed E-state index contributed by atoms with van der Waals surface area (Å²) in [6, 6.07) is 8.99. The number of hydrogen-bond donors (Lipinski definition) is 1. The molecule has 0 aliphatic rings. The molecule has 0 amide bonds. The van der Waals surface area contributed by atoms with Gasteiger partial charge in [0, 0.05) is 27.6 Å². The number of carbonyl (C=O) groups excluding carboxylic acids is 1. The first-order valence-corrected chi connectivity index (χ1v) is 6.52. The molecule has 1 aromatic carbocycles. The Morgan fingerprint density at radius 3 is 2.82 bits per heavy atom. The Kier molecular flexibility index (Phi) is 3.82. The van der Waals surface area contributed by atoms with Crippen LogP contribution in [-0.2, 0) is 6.42 Å². The van der Waals surface area contributed by atoms with Crippen molar-refractivity contribution in [2.24, 2.45) is 0 Å². The number of aryl methyl sites for hydroxylation is 1. The first kappa shape index (κ1) is 12.1. The van der Waals surface area contributed by atoms with E-state index >= 15 is 0 Å². The quantitative estimate of drug-likeness (QED) is 0.675. The van der Waals surface area contributed by atoms with Gasteiger partial charge in [0.05, 0.1) is 0 Å². The summed E-state index contributed by atoms with van der Waals surface area (Å²) in [6.07, 6.45) is 1.25. The Balaban J connectivity index is 2.04. The molecule has 2 nitrogen and oxygen atoms in total. The van der Waals surface area contributed by atoms with Crippen molar-refractivity contribution in [1.29, 1.82) is 0 Å². The summed E-state index contributed by atoms with van der Waals surface area (Å²) in [5, 5.41) is 2.52. The van der Waals surface area contributed by atoms with Gasteiger partial charge < -0.3 is 5.73 Å². The molecule has 17 heavy (non-hydrogen) atoms. The Bertz CT molecular complexity index is 502. The topological polar surface area (TPSA) is 43.1 Å². The number of nitrogens with two attached hydrogens (primary N) is 1. The molecule has 2 rings (SSSR count). The zero-order valence-corrected chi connectivity index (χ0v) is 10.7. The smallest absolute Gasteiger partial charge is 0.163 e. The molecule has 1 aromatic heterocycles. The lowest BCUT2D eigenvalue weighted by Crippen LogP contribution is -2.01. The number of halogens is 1. The van der Waals surface area contributed by atoms with Crippen LogP contribution in [0, 0.1) is 0 Å². The van der Waals surface area contributed by atoms with E-state index in [0.29, 0.717) is 22.7 Å². The Morgan fingerprint density at radius 1 is 1.35 bits per heavy atom. The van der Waals surface area contributed by atoms with Crippen molar-refractivity contribution in [3.63, 3.8) is 0 Å². The van der Waals surface area contributed by atoms with Crippen LogP contribution in [0.15, 0.2) is 35.7 Å². The second-order valence-corrected chi connectivity index (χ2v) is 5.24. The van der Waals surface area contributed by atoms with E-state index in [4.69, 9.17) is 17.3 Å². The molecule has 2 N–H and O–H groups in total. The lowest BCUT2D eigenvalue weighted by Gasteiger charge is -2.02. The number of hydrogen-bond acceptors (Lipinski definition) is 3. The van der Waals surface area contributed by atoms with Gasteiger partial charge in [0.25, 0.3) is 0 Å². The number of carbonyl (C=O) groups is 1. The van der Waals surface area contributed by atoms with Gasteiger partial charge in [-0.05, 0) is 36.1 Å². The number of benzene rings is 1. The number of rotatable bonds is 4. The molecule has 0 aliphatic carbocycles. The standard InChI is InChI=1S/C13H12ClNOS/c14-10-6-9(7-11(15)8-10)13(16)4-3-12-2-1-5-17-12/h1-2,5-8H,3-4,15H2. The number of nitrogen functional groups attached to an aromatic ring is 1. The first-order chi connectivity index (χ1) is 8.15. The molecule has 0 radical (unpaired) electrons. The summed E-state index contributed by atoms with van der Waals surface area (Å²) < 4.78 is 0. The zero-order valence-electron chi connectivity index (χ0n) is 9.15. The van der Waals surface area contributed by atoms with Gasteiger partial charge in [-0.15, -0.1) is 11.3 Å². The van der Waals surface area contributed by atoms with Crippen LogP contribution in [0.3, 0.4) is 0 Å². The minimum absolute atomic E-state index is 0.0765. The summed E-state index contributed by atoms with van der Waals surface area (Å²) >= 11 is 7.53. The van der Waals surface area contributed by atoms with Crippen LogP contribution < -0.4 is 5.73 Å². The van der Waals surface area contributed by atoms with Gasteiger partial charge in [-0.3, -0.25) is 4.79 Å². The summed E-state index contributed by atoms with van der Waals surface area (Å²) in [5.74, 6) is 0.0765. The highest BCUT2D eigenvalue weighted by molar-refractivity contribution is 7.09. The van der Waals surface area contributed by atoms with Crippen molar-refractivity contribution < 1.29 is 4.79 Å². The molecule has 0 saturated heterocycles. The molecule has 88 valence electrons. The minimum atomic E-state index is 0.0765. The van der Waals surface area contributed by atoms with Gasteiger partial charge in [-0.1, -0.05) is 17.7 Å². The van der Waals surface area contributed by atoms with Crippen LogP contribution >= 0.6 is 22.9 Å². The van der Waals surface area contributed by atoms with E-state index in [1.54, 1.807) is 29.5 Å². The average Bonchev–Trinajstić information content (AvgIpc) is 2.77. The lowest BCUT2D eigenvalue weighted by molar-refractivity contribution is 0.0983. The van der Waals surface area contributed by atoms with E-state index in [-0.39, 0.29) is 5.78 Å². The normalized spacial score (nSPS) is 10.4. The van der Waals surface area contributed by atoms with E-state index in [0.717, 1.165) is 6.42 Å². The van der Waals surface area contributed by atoms with Crippen molar-refractivity contribution in [3.8, 4) is 0 Å². The predicted octanol–water partition coefficient (Wildman–Crippen LogP) is 3.80. The molecule has 1 heterocycles. The third kappa shape index (κ3) is 3.32. The maximum absolute atomic E-state index is 11.9. The maximum Gasteiger partial charge on any atom is 0.163 e. The Hall–Kier alpha value is -1.32. The molecule has 0 saturated carbocycles. The monoisotopic (exact) mass is 265 g/mol. The molecule has 0 bridgehead atoms. The van der Waals surface area contributed by atoms with E-state index in [2.05, 4.69) is 0 Å². The third-order valence-electron chi connectivity index (χ3n) is 2.42. The van der Waals surface area contributed by atoms with Crippen LogP contribution in [0.2, 0.25) is 5.02 Å². The molecule has 0 fully saturated rings. The molecule has 2 aromatic rings. The number of anilines is 1. The SMILES string of the molecule is Nc1cc(Cl)cc(C(=O)CCc2cccs2)c1. The van der Waals surface area contributed by atoms with Crippen molar-refractivity contribution in [2.75, 3.05) is 5.73 Å². The molecule has 0 atom stereocenters. The third-order valence-corrected chi connectivity index (χ3v) is 3.58. The zero-order chi connectivity index (χ0) is 12.3.